The molecule has 0 bridgehead atoms. The van der Waals surface area contributed by atoms with E-state index in [1.54, 1.807) is 7.11 Å². The van der Waals surface area contributed by atoms with E-state index in [2.05, 4.69) is 22.9 Å². The van der Waals surface area contributed by atoms with Gasteiger partial charge in [-0.2, -0.15) is 0 Å². The number of amides is 2. The lowest BCUT2D eigenvalue weighted by Crippen LogP contribution is -2.29. The van der Waals surface area contributed by atoms with Crippen LogP contribution in [0, 0.1) is 0 Å². The molecule has 2 amide bonds. The van der Waals surface area contributed by atoms with Gasteiger partial charge in [0.15, 0.2) is 0 Å². The van der Waals surface area contributed by atoms with Crippen LogP contribution in [-0.4, -0.2) is 33.3 Å². The second-order valence-electron chi connectivity index (χ2n) is 5.07. The summed E-state index contributed by atoms with van der Waals surface area (Å²) in [7, 11) is 3.62. The molecule has 0 spiro atoms. The number of benzene rings is 1. The van der Waals surface area contributed by atoms with E-state index in [-0.39, 0.29) is 12.1 Å². The summed E-state index contributed by atoms with van der Waals surface area (Å²) in [6, 6.07) is 7.97. The predicted octanol–water partition coefficient (Wildman–Crippen LogP) is 2.91. The third kappa shape index (κ3) is 7.11. The van der Waals surface area contributed by atoms with Crippen molar-refractivity contribution in [3.63, 3.8) is 0 Å². The van der Waals surface area contributed by atoms with Crippen LogP contribution >= 0.6 is 0 Å². The minimum atomic E-state index is -0.156. The van der Waals surface area contributed by atoms with Crippen LogP contribution in [0.25, 0.3) is 0 Å². The van der Waals surface area contributed by atoms with Gasteiger partial charge in [0.1, 0.15) is 0 Å². The molecule has 5 heteroatoms. The van der Waals surface area contributed by atoms with Crippen molar-refractivity contribution in [2.45, 2.75) is 32.2 Å². The van der Waals surface area contributed by atoms with Gasteiger partial charge in [-0.25, -0.2) is 4.79 Å². The summed E-state index contributed by atoms with van der Waals surface area (Å²) in [6.07, 6.45) is 3.06. The number of ether oxygens (including phenoxy) is 1. The summed E-state index contributed by atoms with van der Waals surface area (Å²) in [6.45, 7) is 3.55. The average molecular weight is 293 g/mol. The number of unbranched alkanes of at least 4 members (excludes halogenated alkanes) is 2. The summed E-state index contributed by atoms with van der Waals surface area (Å²) < 4.78 is 4.98. The van der Waals surface area contributed by atoms with Gasteiger partial charge in [-0.15, -0.1) is 0 Å². The minimum absolute atomic E-state index is 0.156. The highest BCUT2D eigenvalue weighted by molar-refractivity contribution is 5.89. The van der Waals surface area contributed by atoms with E-state index >= 15 is 0 Å². The number of hydrogen-bond acceptors (Lipinski definition) is 3. The second kappa shape index (κ2) is 10.2. The maximum Gasteiger partial charge on any atom is 0.319 e. The number of nitrogens with one attached hydrogen (secondary N) is 3. The fourth-order valence-electron chi connectivity index (χ4n) is 1.98. The fraction of sp³-hybridized carbons (Fsp3) is 0.562. The Morgan fingerprint density at radius 1 is 1.29 bits per heavy atom. The van der Waals surface area contributed by atoms with E-state index in [9.17, 15) is 4.79 Å². The Morgan fingerprint density at radius 2 is 2.10 bits per heavy atom. The van der Waals surface area contributed by atoms with Crippen molar-refractivity contribution in [1.29, 1.82) is 0 Å². The van der Waals surface area contributed by atoms with Crippen LogP contribution in [0.2, 0.25) is 0 Å². The van der Waals surface area contributed by atoms with Gasteiger partial charge in [0.25, 0.3) is 0 Å². The molecule has 0 aromatic heterocycles. The van der Waals surface area contributed by atoms with E-state index in [1.807, 2.05) is 31.3 Å². The monoisotopic (exact) mass is 293 g/mol. The number of hydrogen-bond donors (Lipinski definition) is 3. The zero-order valence-corrected chi connectivity index (χ0v) is 13.2. The molecule has 21 heavy (non-hydrogen) atoms. The van der Waals surface area contributed by atoms with Gasteiger partial charge in [-0.3, -0.25) is 0 Å². The Kier molecular flexibility index (Phi) is 8.47. The van der Waals surface area contributed by atoms with Gasteiger partial charge in [0, 0.05) is 32.0 Å². The van der Waals surface area contributed by atoms with Crippen molar-refractivity contribution < 1.29 is 9.53 Å². The standard InChI is InChI=1S/C16H27N3O2/c1-13(17-2)14-8-7-9-15(12-14)19-16(20)18-10-5-4-6-11-21-3/h7-9,12-13,17H,4-6,10-11H2,1-3H3,(H2,18,19,20). The van der Waals surface area contributed by atoms with Crippen molar-refractivity contribution in [3.8, 4) is 0 Å². The molecule has 0 aliphatic heterocycles. The summed E-state index contributed by atoms with van der Waals surface area (Å²) in [5, 5.41) is 8.91. The lowest BCUT2D eigenvalue weighted by atomic mass is 10.1. The molecule has 1 atom stereocenters. The molecule has 3 N–H and O–H groups in total. The van der Waals surface area contributed by atoms with Gasteiger partial charge < -0.3 is 20.7 Å². The highest BCUT2D eigenvalue weighted by atomic mass is 16.5. The maximum absolute atomic E-state index is 11.8. The first-order chi connectivity index (χ1) is 10.2. The number of carbonyl (C=O) groups is 1. The van der Waals surface area contributed by atoms with Crippen LogP contribution in [0.5, 0.6) is 0 Å². The second-order valence-corrected chi connectivity index (χ2v) is 5.07. The van der Waals surface area contributed by atoms with Gasteiger partial charge in [0.2, 0.25) is 0 Å². The van der Waals surface area contributed by atoms with Gasteiger partial charge >= 0.3 is 6.03 Å². The van der Waals surface area contributed by atoms with Crippen LogP contribution < -0.4 is 16.0 Å². The highest BCUT2D eigenvalue weighted by Gasteiger charge is 2.05. The van der Waals surface area contributed by atoms with Crippen molar-refractivity contribution in [3.05, 3.63) is 29.8 Å². The van der Waals surface area contributed by atoms with Crippen molar-refractivity contribution >= 4 is 11.7 Å². The quantitative estimate of drug-likeness (QED) is 0.613. The Morgan fingerprint density at radius 3 is 2.81 bits per heavy atom. The minimum Gasteiger partial charge on any atom is -0.385 e. The molecule has 1 aromatic carbocycles. The number of methoxy groups -OCH3 is 1. The van der Waals surface area contributed by atoms with Crippen molar-refractivity contribution in [1.82, 2.24) is 10.6 Å². The molecule has 0 aliphatic carbocycles. The highest BCUT2D eigenvalue weighted by Crippen LogP contribution is 2.16. The number of rotatable bonds is 9. The first-order valence-corrected chi connectivity index (χ1v) is 7.48. The molecule has 0 radical (unpaired) electrons. The van der Waals surface area contributed by atoms with E-state index in [0.29, 0.717) is 6.54 Å². The van der Waals surface area contributed by atoms with Crippen LogP contribution in [0.15, 0.2) is 24.3 Å². The van der Waals surface area contributed by atoms with Gasteiger partial charge in [0.05, 0.1) is 0 Å². The number of urea groups is 1. The van der Waals surface area contributed by atoms with Crippen molar-refractivity contribution in [2.24, 2.45) is 0 Å². The molecule has 0 fully saturated rings. The molecule has 1 unspecified atom stereocenters. The van der Waals surface area contributed by atoms with E-state index in [4.69, 9.17) is 4.74 Å². The third-order valence-electron chi connectivity index (χ3n) is 3.39. The molecular formula is C16H27N3O2. The zero-order chi connectivity index (χ0) is 15.5. The molecule has 0 saturated carbocycles. The summed E-state index contributed by atoms with van der Waals surface area (Å²) >= 11 is 0. The molecule has 0 aliphatic rings. The fourth-order valence-corrected chi connectivity index (χ4v) is 1.98. The number of anilines is 1. The average Bonchev–Trinajstić information content (AvgIpc) is 2.50. The smallest absolute Gasteiger partial charge is 0.319 e. The zero-order valence-electron chi connectivity index (χ0n) is 13.2. The molecular weight excluding hydrogens is 266 g/mol. The van der Waals surface area contributed by atoms with Crippen LogP contribution in [0.3, 0.4) is 0 Å². The normalized spacial score (nSPS) is 12.0. The lowest BCUT2D eigenvalue weighted by molar-refractivity contribution is 0.192. The first kappa shape index (κ1) is 17.5. The Labute approximate surface area is 127 Å². The van der Waals surface area contributed by atoms with Crippen LogP contribution in [0.1, 0.15) is 37.8 Å². The SMILES string of the molecule is CNC(C)c1cccc(NC(=O)NCCCCCOC)c1. The van der Waals surface area contributed by atoms with Crippen LogP contribution in [-0.2, 0) is 4.74 Å². The summed E-state index contributed by atoms with van der Waals surface area (Å²) in [5.41, 5.74) is 1.96. The molecule has 118 valence electrons. The Balaban J connectivity index is 2.31. The Hall–Kier alpha value is -1.59. The van der Waals surface area contributed by atoms with Crippen molar-refractivity contribution in [2.75, 3.05) is 32.6 Å². The summed E-state index contributed by atoms with van der Waals surface area (Å²) in [5.74, 6) is 0. The van der Waals surface area contributed by atoms with Crippen LogP contribution in [0.4, 0.5) is 10.5 Å². The molecule has 5 nitrogen and oxygen atoms in total. The lowest BCUT2D eigenvalue weighted by Gasteiger charge is -2.13. The van der Waals surface area contributed by atoms with E-state index in [1.165, 1.54) is 0 Å². The van der Waals surface area contributed by atoms with Gasteiger partial charge in [-0.05, 0) is 50.9 Å². The number of carbonyl (C=O) groups excluding carboxylic acids is 1. The first-order valence-electron chi connectivity index (χ1n) is 7.48. The largest absolute Gasteiger partial charge is 0.385 e. The Bertz CT molecular complexity index is 424. The molecule has 1 rings (SSSR count). The third-order valence-corrected chi connectivity index (χ3v) is 3.39. The molecule has 0 saturated heterocycles. The molecule has 0 heterocycles. The van der Waals surface area contributed by atoms with E-state index in [0.717, 1.165) is 37.1 Å². The topological polar surface area (TPSA) is 62.4 Å². The molecule has 1 aromatic rings. The summed E-state index contributed by atoms with van der Waals surface area (Å²) in [4.78, 5) is 11.8. The van der Waals surface area contributed by atoms with E-state index < -0.39 is 0 Å². The predicted molar refractivity (Wildman–Crippen MR) is 86.7 cm³/mol. The maximum atomic E-state index is 11.8. The van der Waals surface area contributed by atoms with Gasteiger partial charge in [-0.1, -0.05) is 12.1 Å².